The molecular formula is C33H30F2N3O5PS. The van der Waals surface area contributed by atoms with E-state index in [1.807, 2.05) is 59.6 Å². The molecule has 1 saturated heterocycles. The first-order valence-electron chi connectivity index (χ1n) is 14.5. The SMILES string of the molecule is CP(C)(=O)c1cn2c(c(OCc3ccccc3)c1=O)C(=O)N1CCOC[C@H]1N2[C@@H]1c2ccccc2SCc2c1ccc(F)c2F. The van der Waals surface area contributed by atoms with Gasteiger partial charge in [0.1, 0.15) is 19.9 Å². The summed E-state index contributed by atoms with van der Waals surface area (Å²) < 4.78 is 57.4. The highest BCUT2D eigenvalue weighted by atomic mass is 32.2. The van der Waals surface area contributed by atoms with Crippen molar-refractivity contribution in [3.05, 3.63) is 123 Å². The summed E-state index contributed by atoms with van der Waals surface area (Å²) in [6.07, 6.45) is 0.768. The molecule has 1 amide bonds. The van der Waals surface area contributed by atoms with Gasteiger partial charge in [0.25, 0.3) is 5.91 Å². The molecule has 0 radical (unpaired) electrons. The summed E-state index contributed by atoms with van der Waals surface area (Å²) in [5, 5.41) is 1.88. The number of rotatable bonds is 5. The number of thioether (sulfide) groups is 1. The molecule has 0 saturated carbocycles. The van der Waals surface area contributed by atoms with E-state index in [-0.39, 0.29) is 54.4 Å². The van der Waals surface area contributed by atoms with Crippen LogP contribution in [0, 0.1) is 11.6 Å². The minimum absolute atomic E-state index is 0.000304. The molecule has 232 valence electrons. The van der Waals surface area contributed by atoms with Crippen LogP contribution < -0.4 is 20.5 Å². The number of amides is 1. The lowest BCUT2D eigenvalue weighted by atomic mass is 9.93. The van der Waals surface area contributed by atoms with E-state index in [1.54, 1.807) is 15.6 Å². The zero-order chi connectivity index (χ0) is 31.5. The summed E-state index contributed by atoms with van der Waals surface area (Å²) in [5.41, 5.74) is 1.67. The second-order valence-electron chi connectivity index (χ2n) is 11.6. The predicted octanol–water partition coefficient (Wildman–Crippen LogP) is 5.10. The fourth-order valence-electron chi connectivity index (χ4n) is 6.26. The lowest BCUT2D eigenvalue weighted by Gasteiger charge is -2.51. The van der Waals surface area contributed by atoms with Crippen molar-refractivity contribution in [1.29, 1.82) is 0 Å². The van der Waals surface area contributed by atoms with Crippen molar-refractivity contribution in [2.75, 3.05) is 38.1 Å². The molecule has 12 heteroatoms. The van der Waals surface area contributed by atoms with E-state index in [9.17, 15) is 18.5 Å². The van der Waals surface area contributed by atoms with Crippen molar-refractivity contribution in [1.82, 2.24) is 9.58 Å². The number of carbonyl (C=O) groups is 1. The Bertz CT molecular complexity index is 1930. The van der Waals surface area contributed by atoms with Gasteiger partial charge in [-0.2, -0.15) is 0 Å². The Kier molecular flexibility index (Phi) is 7.58. The summed E-state index contributed by atoms with van der Waals surface area (Å²) in [4.78, 5) is 30.8. The Balaban J connectivity index is 1.53. The maximum Gasteiger partial charge on any atom is 0.278 e. The smallest absolute Gasteiger partial charge is 0.278 e. The topological polar surface area (TPSA) is 81.1 Å². The molecule has 4 heterocycles. The van der Waals surface area contributed by atoms with E-state index < -0.39 is 42.3 Å². The lowest BCUT2D eigenvalue weighted by Crippen LogP contribution is -2.66. The highest BCUT2D eigenvalue weighted by Crippen LogP contribution is 2.46. The molecule has 3 aliphatic heterocycles. The number of ether oxygens (including phenoxy) is 2. The Morgan fingerprint density at radius 3 is 2.53 bits per heavy atom. The molecule has 0 unspecified atom stereocenters. The van der Waals surface area contributed by atoms with Crippen LogP contribution in [0.1, 0.15) is 38.8 Å². The van der Waals surface area contributed by atoms with Crippen LogP contribution in [0.5, 0.6) is 5.75 Å². The summed E-state index contributed by atoms with van der Waals surface area (Å²) >= 11 is 1.40. The zero-order valence-corrected chi connectivity index (χ0v) is 26.3. The Hall–Kier alpha value is -3.92. The molecule has 2 atom stereocenters. The van der Waals surface area contributed by atoms with Crippen LogP contribution in [-0.4, -0.2) is 54.7 Å². The molecule has 3 aromatic carbocycles. The number of pyridine rings is 1. The molecule has 3 aliphatic rings. The average molecular weight is 650 g/mol. The molecule has 0 spiro atoms. The van der Waals surface area contributed by atoms with Crippen molar-refractivity contribution in [2.24, 2.45) is 0 Å². The van der Waals surface area contributed by atoms with E-state index in [4.69, 9.17) is 9.47 Å². The van der Waals surface area contributed by atoms with Gasteiger partial charge in [0.15, 0.2) is 23.1 Å². The van der Waals surface area contributed by atoms with Crippen molar-refractivity contribution in [3.63, 3.8) is 0 Å². The third-order valence-electron chi connectivity index (χ3n) is 8.43. The van der Waals surface area contributed by atoms with Gasteiger partial charge in [-0.25, -0.2) is 8.78 Å². The minimum atomic E-state index is -3.21. The number of benzene rings is 3. The average Bonchev–Trinajstić information content (AvgIpc) is 3.20. The van der Waals surface area contributed by atoms with E-state index in [2.05, 4.69) is 0 Å². The molecule has 0 N–H and O–H groups in total. The van der Waals surface area contributed by atoms with Gasteiger partial charge in [0.05, 0.1) is 24.6 Å². The number of fused-ring (bicyclic) bond motifs is 4. The first-order valence-corrected chi connectivity index (χ1v) is 18.1. The summed E-state index contributed by atoms with van der Waals surface area (Å²) in [7, 11) is -3.21. The minimum Gasteiger partial charge on any atom is -0.482 e. The van der Waals surface area contributed by atoms with Crippen LogP contribution in [0.25, 0.3) is 0 Å². The number of hydrogen-bond donors (Lipinski definition) is 0. The van der Waals surface area contributed by atoms with Crippen molar-refractivity contribution in [3.8, 4) is 5.75 Å². The van der Waals surface area contributed by atoms with Gasteiger partial charge in [-0.15, -0.1) is 11.8 Å². The lowest BCUT2D eigenvalue weighted by molar-refractivity contribution is -0.0198. The van der Waals surface area contributed by atoms with Crippen LogP contribution in [0.3, 0.4) is 0 Å². The first kappa shape index (κ1) is 29.8. The quantitative estimate of drug-likeness (QED) is 0.279. The normalized spacial score (nSPS) is 19.2. The Labute approximate surface area is 262 Å². The highest BCUT2D eigenvalue weighted by Gasteiger charge is 2.47. The van der Waals surface area contributed by atoms with E-state index >= 15 is 4.39 Å². The standard InChI is InChI=1S/C33H30F2N3O5PS/c1-44(2,41)25-16-37-30(32(31(25)39)43-17-20-8-4-3-5-9-20)33(40)36-14-15-42-18-27(36)38(37)29-21-12-13-24(34)28(35)23(21)19-45-26-11-7-6-10-22(26)29/h3-13,16,27,29H,14-15,17-19H2,1-2H3/t27-,29+/m1/s1. The summed E-state index contributed by atoms with van der Waals surface area (Å²) in [6.45, 7) is 3.63. The Morgan fingerprint density at radius 2 is 1.76 bits per heavy atom. The van der Waals surface area contributed by atoms with Crippen LogP contribution in [-0.2, 0) is 21.7 Å². The summed E-state index contributed by atoms with van der Waals surface area (Å²) in [5.74, 6) is -2.33. The third kappa shape index (κ3) is 5.07. The molecule has 1 fully saturated rings. The molecule has 1 aromatic heterocycles. The van der Waals surface area contributed by atoms with Gasteiger partial charge >= 0.3 is 0 Å². The first-order chi connectivity index (χ1) is 21.6. The number of hydrogen-bond acceptors (Lipinski definition) is 7. The van der Waals surface area contributed by atoms with Crippen molar-refractivity contribution < 1.29 is 27.6 Å². The number of carbonyl (C=O) groups excluding carboxylic acids is 1. The van der Waals surface area contributed by atoms with E-state index in [0.29, 0.717) is 5.56 Å². The number of halogens is 2. The van der Waals surface area contributed by atoms with Crippen molar-refractivity contribution in [2.45, 2.75) is 29.5 Å². The number of morpholine rings is 1. The highest BCUT2D eigenvalue weighted by molar-refractivity contribution is 7.98. The maximum atomic E-state index is 15.5. The van der Waals surface area contributed by atoms with Gasteiger partial charge in [-0.3, -0.25) is 19.3 Å². The van der Waals surface area contributed by atoms with Gasteiger partial charge in [0.2, 0.25) is 5.43 Å². The maximum absolute atomic E-state index is 15.5. The third-order valence-corrected chi connectivity index (χ3v) is 11.0. The molecule has 8 nitrogen and oxygen atoms in total. The molecule has 0 aliphatic carbocycles. The van der Waals surface area contributed by atoms with Crippen LogP contribution in [0.4, 0.5) is 8.78 Å². The number of aromatic nitrogens is 1. The van der Waals surface area contributed by atoms with Crippen LogP contribution >= 0.6 is 18.9 Å². The van der Waals surface area contributed by atoms with Gasteiger partial charge in [-0.1, -0.05) is 54.6 Å². The molecule has 0 bridgehead atoms. The Morgan fingerprint density at radius 1 is 1.00 bits per heavy atom. The molecule has 45 heavy (non-hydrogen) atoms. The largest absolute Gasteiger partial charge is 0.482 e. The van der Waals surface area contributed by atoms with Crippen molar-refractivity contribution >= 4 is 30.1 Å². The predicted molar refractivity (Wildman–Crippen MR) is 169 cm³/mol. The molecular weight excluding hydrogens is 619 g/mol. The second kappa shape index (κ2) is 11.5. The molecule has 4 aromatic rings. The fourth-order valence-corrected chi connectivity index (χ4v) is 8.36. The zero-order valence-electron chi connectivity index (χ0n) is 24.6. The summed E-state index contributed by atoms with van der Waals surface area (Å²) in [6, 6.07) is 18.8. The monoisotopic (exact) mass is 649 g/mol. The van der Waals surface area contributed by atoms with Crippen LogP contribution in [0.2, 0.25) is 0 Å². The molecule has 7 rings (SSSR count). The van der Waals surface area contributed by atoms with E-state index in [1.165, 1.54) is 31.3 Å². The number of nitrogens with zero attached hydrogens (tertiary/aromatic N) is 3. The fraction of sp³-hybridized carbons (Fsp3) is 0.273. The van der Waals surface area contributed by atoms with Gasteiger partial charge in [0, 0.05) is 29.0 Å². The van der Waals surface area contributed by atoms with Crippen LogP contribution in [0.15, 0.2) is 82.6 Å². The second-order valence-corrected chi connectivity index (χ2v) is 15.8. The van der Waals surface area contributed by atoms with Gasteiger partial charge in [-0.05, 0) is 42.2 Å². The van der Waals surface area contributed by atoms with E-state index in [0.717, 1.165) is 22.1 Å². The van der Waals surface area contributed by atoms with Gasteiger partial charge < -0.3 is 18.9 Å².